The molecule has 2 aromatic carbocycles. The third-order valence-corrected chi connectivity index (χ3v) is 3.14. The lowest BCUT2D eigenvalue weighted by molar-refractivity contribution is 0.415. The Morgan fingerprint density at radius 2 is 1.94 bits per heavy atom. The minimum Gasteiger partial charge on any atom is -0.495 e. The maximum Gasteiger partial charge on any atom is 0.137 e. The molecule has 0 heterocycles. The summed E-state index contributed by atoms with van der Waals surface area (Å²) in [5.74, 6) is 0.705. The van der Waals surface area contributed by atoms with Crippen LogP contribution in [0.25, 0.3) is 0 Å². The average Bonchev–Trinajstić information content (AvgIpc) is 2.38. The van der Waals surface area contributed by atoms with E-state index in [2.05, 4.69) is 24.4 Å². The van der Waals surface area contributed by atoms with Gasteiger partial charge in [-0.2, -0.15) is 0 Å². The number of ether oxygens (including phenoxy) is 1. The van der Waals surface area contributed by atoms with E-state index in [1.165, 1.54) is 5.56 Å². The van der Waals surface area contributed by atoms with E-state index in [0.29, 0.717) is 10.8 Å². The van der Waals surface area contributed by atoms with Crippen LogP contribution in [-0.4, -0.2) is 7.11 Å². The summed E-state index contributed by atoms with van der Waals surface area (Å²) in [6, 6.07) is 14.0. The van der Waals surface area contributed by atoms with E-state index in [0.717, 1.165) is 17.8 Å². The Morgan fingerprint density at radius 3 is 2.61 bits per heavy atom. The van der Waals surface area contributed by atoms with Crippen LogP contribution in [0.3, 0.4) is 0 Å². The molecule has 0 amide bonds. The van der Waals surface area contributed by atoms with Crippen molar-refractivity contribution < 1.29 is 4.74 Å². The molecule has 0 unspecified atom stereocenters. The molecule has 0 spiro atoms. The molecule has 0 saturated heterocycles. The van der Waals surface area contributed by atoms with Gasteiger partial charge in [-0.3, -0.25) is 0 Å². The Morgan fingerprint density at radius 1 is 1.17 bits per heavy atom. The van der Waals surface area contributed by atoms with Gasteiger partial charge in [0.25, 0.3) is 0 Å². The number of aryl methyl sites for hydroxylation is 1. The standard InChI is InChI=1S/C15H16ClNO/c1-11-5-3-4-6-14(11)17-10-12-7-8-15(18-2)13(16)9-12/h3-9,17H,10H2,1-2H3. The summed E-state index contributed by atoms with van der Waals surface area (Å²) >= 11 is 6.09. The molecule has 0 saturated carbocycles. The van der Waals surface area contributed by atoms with Crippen molar-refractivity contribution in [2.24, 2.45) is 0 Å². The molecule has 0 radical (unpaired) electrons. The lowest BCUT2D eigenvalue weighted by Gasteiger charge is -2.10. The predicted molar refractivity (Wildman–Crippen MR) is 76.5 cm³/mol. The van der Waals surface area contributed by atoms with Gasteiger partial charge in [0, 0.05) is 12.2 Å². The third kappa shape index (κ3) is 2.96. The second kappa shape index (κ2) is 5.78. The first-order valence-corrected chi connectivity index (χ1v) is 6.20. The topological polar surface area (TPSA) is 21.3 Å². The van der Waals surface area contributed by atoms with E-state index in [1.54, 1.807) is 7.11 Å². The largest absolute Gasteiger partial charge is 0.495 e. The number of rotatable bonds is 4. The molecule has 2 aromatic rings. The fourth-order valence-corrected chi connectivity index (χ4v) is 2.07. The molecule has 0 aliphatic heterocycles. The van der Waals surface area contributed by atoms with Crippen LogP contribution in [0.2, 0.25) is 5.02 Å². The molecule has 0 aliphatic carbocycles. The minimum atomic E-state index is 0.640. The van der Waals surface area contributed by atoms with Gasteiger partial charge in [-0.15, -0.1) is 0 Å². The number of halogens is 1. The van der Waals surface area contributed by atoms with E-state index >= 15 is 0 Å². The number of para-hydroxylation sites is 1. The van der Waals surface area contributed by atoms with E-state index in [9.17, 15) is 0 Å². The zero-order valence-corrected chi connectivity index (χ0v) is 11.3. The van der Waals surface area contributed by atoms with Crippen LogP contribution in [0.5, 0.6) is 5.75 Å². The molecular weight excluding hydrogens is 246 g/mol. The van der Waals surface area contributed by atoms with Crippen molar-refractivity contribution in [1.29, 1.82) is 0 Å². The van der Waals surface area contributed by atoms with E-state index in [1.807, 2.05) is 30.3 Å². The number of nitrogens with one attached hydrogen (secondary N) is 1. The summed E-state index contributed by atoms with van der Waals surface area (Å²) in [7, 11) is 1.62. The Bertz CT molecular complexity index is 540. The van der Waals surface area contributed by atoms with E-state index < -0.39 is 0 Å². The number of hydrogen-bond donors (Lipinski definition) is 1. The summed E-state index contributed by atoms with van der Waals surface area (Å²) < 4.78 is 5.13. The van der Waals surface area contributed by atoms with Gasteiger partial charge in [-0.05, 0) is 36.2 Å². The summed E-state index contributed by atoms with van der Waals surface area (Å²) in [6.45, 7) is 2.83. The molecule has 0 aromatic heterocycles. The Hall–Kier alpha value is -1.67. The molecule has 0 fully saturated rings. The molecule has 18 heavy (non-hydrogen) atoms. The first-order valence-electron chi connectivity index (χ1n) is 5.82. The molecule has 2 rings (SSSR count). The van der Waals surface area contributed by atoms with E-state index in [-0.39, 0.29) is 0 Å². The molecule has 0 atom stereocenters. The summed E-state index contributed by atoms with van der Waals surface area (Å²) in [4.78, 5) is 0. The van der Waals surface area contributed by atoms with Crippen LogP contribution in [0, 0.1) is 6.92 Å². The summed E-state index contributed by atoms with van der Waals surface area (Å²) in [5, 5.41) is 4.03. The van der Waals surface area contributed by atoms with Gasteiger partial charge in [0.1, 0.15) is 5.75 Å². The lowest BCUT2D eigenvalue weighted by Crippen LogP contribution is -2.01. The van der Waals surface area contributed by atoms with Gasteiger partial charge in [0.2, 0.25) is 0 Å². The van der Waals surface area contributed by atoms with Crippen molar-refractivity contribution in [3.05, 3.63) is 58.6 Å². The highest BCUT2D eigenvalue weighted by Gasteiger charge is 2.02. The number of anilines is 1. The van der Waals surface area contributed by atoms with Crippen molar-refractivity contribution in [2.45, 2.75) is 13.5 Å². The van der Waals surface area contributed by atoms with Gasteiger partial charge in [0.15, 0.2) is 0 Å². The van der Waals surface area contributed by atoms with Gasteiger partial charge in [-0.25, -0.2) is 0 Å². The van der Waals surface area contributed by atoms with Crippen molar-refractivity contribution in [3.8, 4) is 5.75 Å². The van der Waals surface area contributed by atoms with E-state index in [4.69, 9.17) is 16.3 Å². The van der Waals surface area contributed by atoms with Crippen LogP contribution >= 0.6 is 11.6 Å². The Kier molecular flexibility index (Phi) is 4.11. The first kappa shape index (κ1) is 12.8. The van der Waals surface area contributed by atoms with Crippen LogP contribution in [0.1, 0.15) is 11.1 Å². The Balaban J connectivity index is 2.07. The molecule has 3 heteroatoms. The third-order valence-electron chi connectivity index (χ3n) is 2.84. The maximum absolute atomic E-state index is 6.09. The van der Waals surface area contributed by atoms with Crippen LogP contribution in [0.15, 0.2) is 42.5 Å². The van der Waals surface area contributed by atoms with Gasteiger partial charge in [0.05, 0.1) is 12.1 Å². The highest BCUT2D eigenvalue weighted by Crippen LogP contribution is 2.25. The van der Waals surface area contributed by atoms with Gasteiger partial charge >= 0.3 is 0 Å². The average molecular weight is 262 g/mol. The normalized spacial score (nSPS) is 10.2. The number of benzene rings is 2. The second-order valence-corrected chi connectivity index (χ2v) is 4.54. The maximum atomic E-state index is 6.09. The van der Waals surface area contributed by atoms with Crippen molar-refractivity contribution in [2.75, 3.05) is 12.4 Å². The predicted octanol–water partition coefficient (Wildman–Crippen LogP) is 4.27. The summed E-state index contributed by atoms with van der Waals surface area (Å²) in [5.41, 5.74) is 3.51. The SMILES string of the molecule is COc1ccc(CNc2ccccc2C)cc1Cl. The fraction of sp³-hybridized carbons (Fsp3) is 0.200. The quantitative estimate of drug-likeness (QED) is 0.888. The lowest BCUT2D eigenvalue weighted by atomic mass is 10.1. The highest BCUT2D eigenvalue weighted by molar-refractivity contribution is 6.32. The highest BCUT2D eigenvalue weighted by atomic mass is 35.5. The van der Waals surface area contributed by atoms with Crippen molar-refractivity contribution in [3.63, 3.8) is 0 Å². The minimum absolute atomic E-state index is 0.640. The monoisotopic (exact) mass is 261 g/mol. The van der Waals surface area contributed by atoms with Crippen LogP contribution in [-0.2, 0) is 6.54 Å². The Labute approximate surface area is 113 Å². The molecular formula is C15H16ClNO. The fourth-order valence-electron chi connectivity index (χ4n) is 1.79. The molecule has 1 N–H and O–H groups in total. The van der Waals surface area contributed by atoms with Crippen molar-refractivity contribution in [1.82, 2.24) is 0 Å². The summed E-state index contributed by atoms with van der Waals surface area (Å²) in [6.07, 6.45) is 0. The molecule has 94 valence electrons. The van der Waals surface area contributed by atoms with Gasteiger partial charge in [-0.1, -0.05) is 35.9 Å². The molecule has 0 aliphatic rings. The molecule has 2 nitrogen and oxygen atoms in total. The second-order valence-electron chi connectivity index (χ2n) is 4.14. The van der Waals surface area contributed by atoms with Crippen molar-refractivity contribution >= 4 is 17.3 Å². The van der Waals surface area contributed by atoms with Gasteiger partial charge < -0.3 is 10.1 Å². The zero-order valence-electron chi connectivity index (χ0n) is 10.5. The zero-order chi connectivity index (χ0) is 13.0. The number of hydrogen-bond acceptors (Lipinski definition) is 2. The molecule has 0 bridgehead atoms. The smallest absolute Gasteiger partial charge is 0.137 e. The van der Waals surface area contributed by atoms with Crippen LogP contribution < -0.4 is 10.1 Å². The van der Waals surface area contributed by atoms with Crippen LogP contribution in [0.4, 0.5) is 5.69 Å². The number of methoxy groups -OCH3 is 1. The first-order chi connectivity index (χ1) is 8.70.